The van der Waals surface area contributed by atoms with E-state index in [4.69, 9.17) is 4.74 Å². The summed E-state index contributed by atoms with van der Waals surface area (Å²) in [5.41, 5.74) is 3.19. The number of ether oxygens (including phenoxy) is 1. The molecule has 0 fully saturated rings. The van der Waals surface area contributed by atoms with Crippen LogP contribution < -0.4 is 0 Å². The Hall–Kier alpha value is -2.42. The minimum absolute atomic E-state index is 0.335. The van der Waals surface area contributed by atoms with E-state index in [1.165, 1.54) is 0 Å². The normalized spacial score (nSPS) is 15.6. The highest BCUT2D eigenvalue weighted by Crippen LogP contribution is 2.24. The van der Waals surface area contributed by atoms with Crippen LogP contribution >= 0.6 is 0 Å². The second kappa shape index (κ2) is 4.11. The number of benzene rings is 2. The molecule has 3 nitrogen and oxygen atoms in total. The van der Waals surface area contributed by atoms with Gasteiger partial charge in [-0.1, -0.05) is 30.3 Å². The number of aliphatic imine (C=N–C) groups is 1. The Labute approximate surface area is 105 Å². The van der Waals surface area contributed by atoms with Crippen LogP contribution in [0.2, 0.25) is 0 Å². The molecule has 0 amide bonds. The lowest BCUT2D eigenvalue weighted by molar-refractivity contribution is 0.0737. The van der Waals surface area contributed by atoms with Gasteiger partial charge in [0.1, 0.15) is 0 Å². The van der Waals surface area contributed by atoms with Crippen molar-refractivity contribution in [2.24, 2.45) is 4.99 Å². The lowest BCUT2D eigenvalue weighted by atomic mass is 10.1. The molecule has 0 aliphatic carbocycles. The maximum Gasteiger partial charge on any atom is 0.345 e. The largest absolute Gasteiger partial charge is 0.403 e. The summed E-state index contributed by atoms with van der Waals surface area (Å²) in [5, 5.41) is 0. The van der Waals surface area contributed by atoms with Crippen molar-refractivity contribution in [1.29, 1.82) is 0 Å². The number of nitrogens with zero attached hydrogens (tertiary/aromatic N) is 1. The number of hydrogen-bond acceptors (Lipinski definition) is 3. The van der Waals surface area contributed by atoms with E-state index in [2.05, 4.69) is 4.99 Å². The van der Waals surface area contributed by atoms with Crippen LogP contribution in [0.4, 0.5) is 5.69 Å². The summed E-state index contributed by atoms with van der Waals surface area (Å²) in [4.78, 5) is 16.1. The second-order valence-electron chi connectivity index (χ2n) is 4.14. The van der Waals surface area contributed by atoms with E-state index < -0.39 is 0 Å². The van der Waals surface area contributed by atoms with Crippen molar-refractivity contribution in [3.05, 3.63) is 65.2 Å². The molecule has 0 unspecified atom stereocenters. The first-order valence-electron chi connectivity index (χ1n) is 5.71. The number of cyclic esters (lactones) is 1. The highest BCUT2D eigenvalue weighted by Gasteiger charge is 2.27. The monoisotopic (exact) mass is 237 g/mol. The van der Waals surface area contributed by atoms with Crippen molar-refractivity contribution in [1.82, 2.24) is 0 Å². The molecule has 2 aromatic rings. The summed E-state index contributed by atoms with van der Waals surface area (Å²) in [6.45, 7) is 1.97. The van der Waals surface area contributed by atoms with Crippen molar-refractivity contribution in [3.8, 4) is 0 Å². The summed E-state index contributed by atoms with van der Waals surface area (Å²) in [7, 11) is 0. The number of fused-ring (bicyclic) bond motifs is 1. The number of esters is 1. The molecule has 18 heavy (non-hydrogen) atoms. The van der Waals surface area contributed by atoms with Crippen LogP contribution in [0.15, 0.2) is 53.5 Å². The topological polar surface area (TPSA) is 38.7 Å². The zero-order valence-corrected chi connectivity index (χ0v) is 9.88. The van der Waals surface area contributed by atoms with Crippen LogP contribution in [0.5, 0.6) is 0 Å². The molecule has 0 bridgehead atoms. The lowest BCUT2D eigenvalue weighted by Gasteiger charge is -2.01. The van der Waals surface area contributed by atoms with Crippen molar-refractivity contribution < 1.29 is 9.53 Å². The van der Waals surface area contributed by atoms with E-state index in [1.807, 2.05) is 49.4 Å². The van der Waals surface area contributed by atoms with Gasteiger partial charge in [0.05, 0.1) is 16.8 Å². The van der Waals surface area contributed by atoms with Crippen LogP contribution in [0.25, 0.3) is 0 Å². The maximum atomic E-state index is 11.6. The van der Waals surface area contributed by atoms with E-state index in [9.17, 15) is 4.79 Å². The van der Waals surface area contributed by atoms with Gasteiger partial charge in [-0.15, -0.1) is 0 Å². The van der Waals surface area contributed by atoms with Gasteiger partial charge < -0.3 is 4.74 Å². The van der Waals surface area contributed by atoms with Crippen LogP contribution in [-0.2, 0) is 4.74 Å². The Kier molecular flexibility index (Phi) is 2.45. The van der Waals surface area contributed by atoms with Crippen LogP contribution in [0, 0.1) is 6.92 Å². The van der Waals surface area contributed by atoms with Crippen molar-refractivity contribution in [2.75, 3.05) is 0 Å². The molecule has 3 heteroatoms. The van der Waals surface area contributed by atoms with E-state index in [0.29, 0.717) is 11.5 Å². The molecule has 2 aromatic carbocycles. The quantitative estimate of drug-likeness (QED) is 0.714. The summed E-state index contributed by atoms with van der Waals surface area (Å²) in [6.07, 6.45) is 0. The number of aryl methyl sites for hydroxylation is 1. The fourth-order valence-corrected chi connectivity index (χ4v) is 1.93. The fraction of sp³-hybridized carbons (Fsp3) is 0.0667. The third kappa shape index (κ3) is 1.70. The molecule has 0 aromatic heterocycles. The third-order valence-electron chi connectivity index (χ3n) is 2.90. The van der Waals surface area contributed by atoms with Gasteiger partial charge in [0.15, 0.2) is 0 Å². The molecule has 0 saturated carbocycles. The van der Waals surface area contributed by atoms with Gasteiger partial charge in [0.25, 0.3) is 0 Å². The van der Waals surface area contributed by atoms with Gasteiger partial charge >= 0.3 is 5.97 Å². The number of rotatable bonds is 1. The standard InChI is InChI=1S/C15H11NO2/c1-10-6-2-5-9-13(10)16-14-11-7-3-4-8-12(11)15(17)18-14/h2-9H,1H3. The zero-order chi connectivity index (χ0) is 12.5. The van der Waals surface area contributed by atoms with Crippen molar-refractivity contribution in [2.45, 2.75) is 6.92 Å². The van der Waals surface area contributed by atoms with Crippen molar-refractivity contribution in [3.63, 3.8) is 0 Å². The van der Waals surface area contributed by atoms with Gasteiger partial charge in [0.2, 0.25) is 5.90 Å². The van der Waals surface area contributed by atoms with Crippen LogP contribution in [0.1, 0.15) is 21.5 Å². The number of carbonyl (C=O) groups excluding carboxylic acids is 1. The number of carbonyl (C=O) groups is 1. The van der Waals surface area contributed by atoms with E-state index >= 15 is 0 Å². The van der Waals surface area contributed by atoms with Crippen LogP contribution in [-0.4, -0.2) is 11.9 Å². The first-order valence-corrected chi connectivity index (χ1v) is 5.71. The van der Waals surface area contributed by atoms with Gasteiger partial charge in [-0.2, -0.15) is 0 Å². The predicted octanol–water partition coefficient (Wildman–Crippen LogP) is 3.24. The molecule has 1 aliphatic rings. The average Bonchev–Trinajstić information content (AvgIpc) is 2.70. The highest BCUT2D eigenvalue weighted by atomic mass is 16.5. The molecule has 0 atom stereocenters. The Bertz CT molecular complexity index is 659. The minimum atomic E-state index is -0.335. The molecule has 3 rings (SSSR count). The number of para-hydroxylation sites is 1. The lowest BCUT2D eigenvalue weighted by Crippen LogP contribution is -1.99. The second-order valence-corrected chi connectivity index (χ2v) is 4.14. The number of hydrogen-bond donors (Lipinski definition) is 0. The average molecular weight is 237 g/mol. The van der Waals surface area contributed by atoms with Gasteiger partial charge in [-0.25, -0.2) is 9.79 Å². The zero-order valence-electron chi connectivity index (χ0n) is 9.88. The van der Waals surface area contributed by atoms with Crippen LogP contribution in [0.3, 0.4) is 0 Å². The molecule has 1 aliphatic heterocycles. The summed E-state index contributed by atoms with van der Waals surface area (Å²) < 4.78 is 5.20. The third-order valence-corrected chi connectivity index (χ3v) is 2.90. The summed E-state index contributed by atoms with van der Waals surface area (Å²) in [6, 6.07) is 15.0. The molecule has 0 radical (unpaired) electrons. The molecule has 0 spiro atoms. The smallest absolute Gasteiger partial charge is 0.345 e. The Balaban J connectivity index is 2.11. The Morgan fingerprint density at radius 1 is 0.944 bits per heavy atom. The Morgan fingerprint density at radius 3 is 2.39 bits per heavy atom. The molecule has 88 valence electrons. The highest BCUT2D eigenvalue weighted by molar-refractivity contribution is 6.17. The molecule has 1 heterocycles. The molecule has 0 saturated heterocycles. The summed E-state index contributed by atoms with van der Waals surface area (Å²) in [5.74, 6) is 0.0443. The van der Waals surface area contributed by atoms with E-state index in [0.717, 1.165) is 16.8 Å². The van der Waals surface area contributed by atoms with Gasteiger partial charge in [0, 0.05) is 0 Å². The molecular weight excluding hydrogens is 226 g/mol. The molecule has 0 N–H and O–H groups in total. The van der Waals surface area contributed by atoms with Gasteiger partial charge in [-0.05, 0) is 30.7 Å². The molecular formula is C15H11NO2. The first-order chi connectivity index (χ1) is 8.75. The predicted molar refractivity (Wildman–Crippen MR) is 69.2 cm³/mol. The maximum absolute atomic E-state index is 11.6. The first kappa shape index (κ1) is 10.7. The summed E-state index contributed by atoms with van der Waals surface area (Å²) >= 11 is 0. The Morgan fingerprint density at radius 2 is 1.61 bits per heavy atom. The SMILES string of the molecule is Cc1ccccc1N=C1OC(=O)c2ccccc21. The van der Waals surface area contributed by atoms with E-state index in [-0.39, 0.29) is 5.97 Å². The van der Waals surface area contributed by atoms with Gasteiger partial charge in [-0.3, -0.25) is 0 Å². The van der Waals surface area contributed by atoms with E-state index in [1.54, 1.807) is 6.07 Å². The van der Waals surface area contributed by atoms with Crippen molar-refractivity contribution >= 4 is 17.6 Å². The minimum Gasteiger partial charge on any atom is -0.403 e. The fourth-order valence-electron chi connectivity index (χ4n) is 1.93.